The molecule has 2 rings (SSSR count). The van der Waals surface area contributed by atoms with Gasteiger partial charge in [0.1, 0.15) is 12.4 Å². The highest BCUT2D eigenvalue weighted by Crippen LogP contribution is 2.27. The summed E-state index contributed by atoms with van der Waals surface area (Å²) in [5, 5.41) is 0. The van der Waals surface area contributed by atoms with E-state index in [1.165, 1.54) is 32.3 Å². The van der Waals surface area contributed by atoms with Crippen molar-refractivity contribution in [2.75, 3.05) is 19.8 Å². The first kappa shape index (κ1) is 15.3. The molecule has 0 atom stereocenters. The maximum Gasteiger partial charge on any atom is 0.242 e. The number of nitrogens with two attached hydrogens (primary N) is 1. The standard InChI is InChI=1S/C15H18N2O3S/c1-17(2)21(18,19)13-8-9-14(16)15(10-13)20-11-12-6-4-3-5-7-12/h3-10H,11,16H2,1-2H3. The maximum absolute atomic E-state index is 12.1. The Kier molecular flexibility index (Phi) is 4.50. The maximum atomic E-state index is 12.1. The Balaban J connectivity index is 2.24. The van der Waals surface area contributed by atoms with Crippen molar-refractivity contribution in [2.45, 2.75) is 11.5 Å². The molecule has 6 heteroatoms. The number of hydrogen-bond acceptors (Lipinski definition) is 4. The molecule has 2 aromatic carbocycles. The molecule has 0 aromatic heterocycles. The molecule has 0 radical (unpaired) electrons. The first-order valence-corrected chi connectivity index (χ1v) is 7.84. The highest BCUT2D eigenvalue weighted by molar-refractivity contribution is 7.89. The van der Waals surface area contributed by atoms with Crippen molar-refractivity contribution >= 4 is 15.7 Å². The van der Waals surface area contributed by atoms with Crippen LogP contribution in [0.1, 0.15) is 5.56 Å². The van der Waals surface area contributed by atoms with Crippen LogP contribution in [0.4, 0.5) is 5.69 Å². The zero-order chi connectivity index (χ0) is 15.5. The molecule has 0 unspecified atom stereocenters. The minimum absolute atomic E-state index is 0.157. The number of benzene rings is 2. The number of rotatable bonds is 5. The monoisotopic (exact) mass is 306 g/mol. The van der Waals surface area contributed by atoms with Gasteiger partial charge in [-0.05, 0) is 17.7 Å². The van der Waals surface area contributed by atoms with E-state index in [1.807, 2.05) is 30.3 Å². The number of sulfonamides is 1. The van der Waals surface area contributed by atoms with Gasteiger partial charge < -0.3 is 10.5 Å². The van der Waals surface area contributed by atoms with Crippen molar-refractivity contribution in [3.8, 4) is 5.75 Å². The second kappa shape index (κ2) is 6.15. The zero-order valence-electron chi connectivity index (χ0n) is 12.0. The van der Waals surface area contributed by atoms with Gasteiger partial charge in [-0.25, -0.2) is 12.7 Å². The molecule has 0 aliphatic heterocycles. The fourth-order valence-electron chi connectivity index (χ4n) is 1.75. The van der Waals surface area contributed by atoms with Crippen LogP contribution in [0, 0.1) is 0 Å². The smallest absolute Gasteiger partial charge is 0.242 e. The quantitative estimate of drug-likeness (QED) is 0.859. The van der Waals surface area contributed by atoms with Crippen LogP contribution in [0.3, 0.4) is 0 Å². The zero-order valence-corrected chi connectivity index (χ0v) is 12.8. The van der Waals surface area contributed by atoms with Gasteiger partial charge in [0.05, 0.1) is 10.6 Å². The molecule has 0 bridgehead atoms. The van der Waals surface area contributed by atoms with Crippen LogP contribution in [0.5, 0.6) is 5.75 Å². The van der Waals surface area contributed by atoms with Crippen LogP contribution in [-0.4, -0.2) is 26.8 Å². The van der Waals surface area contributed by atoms with E-state index in [1.54, 1.807) is 0 Å². The average molecular weight is 306 g/mol. The lowest BCUT2D eigenvalue weighted by Gasteiger charge is -2.14. The third-order valence-corrected chi connectivity index (χ3v) is 4.81. The van der Waals surface area contributed by atoms with E-state index in [4.69, 9.17) is 10.5 Å². The molecule has 0 heterocycles. The summed E-state index contributed by atoms with van der Waals surface area (Å²) in [6.07, 6.45) is 0. The number of ether oxygens (including phenoxy) is 1. The summed E-state index contributed by atoms with van der Waals surface area (Å²) in [5.74, 6) is 0.363. The Morgan fingerprint density at radius 2 is 1.76 bits per heavy atom. The van der Waals surface area contributed by atoms with Crippen LogP contribution in [0.25, 0.3) is 0 Å². The lowest BCUT2D eigenvalue weighted by Crippen LogP contribution is -2.22. The van der Waals surface area contributed by atoms with E-state index >= 15 is 0 Å². The van der Waals surface area contributed by atoms with Gasteiger partial charge in [-0.15, -0.1) is 0 Å². The molecule has 0 saturated heterocycles. The highest BCUT2D eigenvalue weighted by Gasteiger charge is 2.18. The second-order valence-electron chi connectivity index (χ2n) is 4.76. The van der Waals surface area contributed by atoms with Crippen LogP contribution >= 0.6 is 0 Å². The molecule has 0 spiro atoms. The first-order chi connectivity index (χ1) is 9.91. The van der Waals surface area contributed by atoms with E-state index in [9.17, 15) is 8.42 Å². The summed E-state index contributed by atoms with van der Waals surface area (Å²) >= 11 is 0. The molecule has 0 saturated carbocycles. The van der Waals surface area contributed by atoms with E-state index in [2.05, 4.69) is 0 Å². The normalized spacial score (nSPS) is 11.6. The molecule has 2 aromatic rings. The number of hydrogen-bond donors (Lipinski definition) is 1. The summed E-state index contributed by atoms with van der Waals surface area (Å²) in [6, 6.07) is 14.1. The Hall–Kier alpha value is -2.05. The van der Waals surface area contributed by atoms with Crippen molar-refractivity contribution in [3.63, 3.8) is 0 Å². The fraction of sp³-hybridized carbons (Fsp3) is 0.200. The molecular weight excluding hydrogens is 288 g/mol. The van der Waals surface area contributed by atoms with Crippen LogP contribution in [0.2, 0.25) is 0 Å². The first-order valence-electron chi connectivity index (χ1n) is 6.40. The molecule has 0 aliphatic carbocycles. The van der Waals surface area contributed by atoms with E-state index in [-0.39, 0.29) is 4.90 Å². The molecule has 2 N–H and O–H groups in total. The summed E-state index contributed by atoms with van der Waals surface area (Å²) in [4.78, 5) is 0.157. The summed E-state index contributed by atoms with van der Waals surface area (Å²) in [6.45, 7) is 0.330. The van der Waals surface area contributed by atoms with Gasteiger partial charge in [-0.2, -0.15) is 0 Å². The fourth-order valence-corrected chi connectivity index (χ4v) is 2.66. The van der Waals surface area contributed by atoms with Gasteiger partial charge in [0.2, 0.25) is 10.0 Å². The topological polar surface area (TPSA) is 72.6 Å². The molecule has 0 aliphatic rings. The van der Waals surface area contributed by atoms with Crippen LogP contribution in [-0.2, 0) is 16.6 Å². The van der Waals surface area contributed by atoms with Crippen molar-refractivity contribution in [2.24, 2.45) is 0 Å². The van der Waals surface area contributed by atoms with Crippen molar-refractivity contribution in [1.82, 2.24) is 4.31 Å². The Labute approximate surface area is 125 Å². The molecule has 0 fully saturated rings. The molecule has 112 valence electrons. The minimum Gasteiger partial charge on any atom is -0.487 e. The number of nitrogen functional groups attached to an aromatic ring is 1. The molecule has 21 heavy (non-hydrogen) atoms. The van der Waals surface area contributed by atoms with Crippen molar-refractivity contribution in [3.05, 3.63) is 54.1 Å². The SMILES string of the molecule is CN(C)S(=O)(=O)c1ccc(N)c(OCc2ccccc2)c1. The average Bonchev–Trinajstić information content (AvgIpc) is 2.47. The van der Waals surface area contributed by atoms with E-state index in [0.717, 1.165) is 9.87 Å². The van der Waals surface area contributed by atoms with Crippen molar-refractivity contribution < 1.29 is 13.2 Å². The summed E-state index contributed by atoms with van der Waals surface area (Å²) in [5.41, 5.74) is 7.23. The minimum atomic E-state index is -3.50. The third-order valence-electron chi connectivity index (χ3n) is 3.00. The lowest BCUT2D eigenvalue weighted by molar-refractivity contribution is 0.307. The predicted octanol–water partition coefficient (Wildman–Crippen LogP) is 2.10. The Morgan fingerprint density at radius 1 is 1.10 bits per heavy atom. The summed E-state index contributed by atoms with van der Waals surface area (Å²) in [7, 11) is -0.537. The molecule has 0 amide bonds. The Bertz CT molecular complexity index is 713. The summed E-state index contributed by atoms with van der Waals surface area (Å²) < 4.78 is 31.0. The number of nitrogens with zero attached hydrogens (tertiary/aromatic N) is 1. The van der Waals surface area contributed by atoms with Gasteiger partial charge >= 0.3 is 0 Å². The van der Waals surface area contributed by atoms with Crippen LogP contribution in [0.15, 0.2) is 53.4 Å². The van der Waals surface area contributed by atoms with Gasteiger partial charge in [0.25, 0.3) is 0 Å². The van der Waals surface area contributed by atoms with Gasteiger partial charge in [-0.1, -0.05) is 30.3 Å². The Morgan fingerprint density at radius 3 is 2.38 bits per heavy atom. The largest absolute Gasteiger partial charge is 0.487 e. The van der Waals surface area contributed by atoms with E-state index in [0.29, 0.717) is 18.0 Å². The van der Waals surface area contributed by atoms with Gasteiger partial charge in [0, 0.05) is 20.2 Å². The second-order valence-corrected chi connectivity index (χ2v) is 6.91. The third kappa shape index (κ3) is 3.53. The van der Waals surface area contributed by atoms with Crippen LogP contribution < -0.4 is 10.5 Å². The van der Waals surface area contributed by atoms with Gasteiger partial charge in [-0.3, -0.25) is 0 Å². The molecule has 5 nitrogen and oxygen atoms in total. The predicted molar refractivity (Wildman–Crippen MR) is 82.5 cm³/mol. The molecular formula is C15H18N2O3S. The highest BCUT2D eigenvalue weighted by atomic mass is 32.2. The number of anilines is 1. The lowest BCUT2D eigenvalue weighted by atomic mass is 10.2. The van der Waals surface area contributed by atoms with E-state index < -0.39 is 10.0 Å². The van der Waals surface area contributed by atoms with Crippen molar-refractivity contribution in [1.29, 1.82) is 0 Å². The van der Waals surface area contributed by atoms with Gasteiger partial charge in [0.15, 0.2) is 0 Å².